The SMILES string of the molecule is COC(=O)Nc1cccc(-c2ccc3cc(-c4nc5cc(C(=O)N6CC7CCC6C7N)cc(OC)c5n4C)n(CC4CC4)c3n2)c1Cl. The molecule has 5 aromatic rings. The zero-order valence-corrected chi connectivity index (χ0v) is 27.3. The molecule has 3 atom stereocenters. The Morgan fingerprint density at radius 1 is 1.06 bits per heavy atom. The summed E-state index contributed by atoms with van der Waals surface area (Å²) in [7, 11) is 4.91. The van der Waals surface area contributed by atoms with Gasteiger partial charge in [-0.1, -0.05) is 23.7 Å². The van der Waals surface area contributed by atoms with Crippen LogP contribution in [0.3, 0.4) is 0 Å². The fourth-order valence-electron chi connectivity index (χ4n) is 7.46. The van der Waals surface area contributed by atoms with Crippen molar-refractivity contribution >= 4 is 51.4 Å². The maximum Gasteiger partial charge on any atom is 0.411 e. The van der Waals surface area contributed by atoms with E-state index in [4.69, 9.17) is 36.8 Å². The lowest BCUT2D eigenvalue weighted by molar-refractivity contribution is 0.0700. The van der Waals surface area contributed by atoms with E-state index in [0.29, 0.717) is 57.2 Å². The van der Waals surface area contributed by atoms with E-state index in [2.05, 4.69) is 16.0 Å². The van der Waals surface area contributed by atoms with E-state index in [9.17, 15) is 9.59 Å². The Bertz CT molecular complexity index is 2080. The molecule has 1 saturated heterocycles. The van der Waals surface area contributed by atoms with Gasteiger partial charge in [0.15, 0.2) is 5.82 Å². The van der Waals surface area contributed by atoms with E-state index in [0.717, 1.165) is 60.3 Å². The molecule has 2 aliphatic carbocycles. The molecule has 2 amide bonds. The average molecular weight is 654 g/mol. The Morgan fingerprint density at radius 3 is 2.60 bits per heavy atom. The minimum absolute atomic E-state index is 0.0239. The second-order valence-corrected chi connectivity index (χ2v) is 13.3. The molecule has 3 aromatic heterocycles. The Morgan fingerprint density at radius 2 is 1.89 bits per heavy atom. The van der Waals surface area contributed by atoms with Crippen molar-refractivity contribution in [1.29, 1.82) is 0 Å². The summed E-state index contributed by atoms with van der Waals surface area (Å²) < 4.78 is 14.9. The van der Waals surface area contributed by atoms with Crippen LogP contribution < -0.4 is 15.8 Å². The maximum absolute atomic E-state index is 13.7. The van der Waals surface area contributed by atoms with Gasteiger partial charge in [0, 0.05) is 48.7 Å². The number of pyridine rings is 1. The van der Waals surface area contributed by atoms with E-state index in [1.54, 1.807) is 13.2 Å². The number of nitrogens with zero attached hydrogens (tertiary/aromatic N) is 5. The minimum Gasteiger partial charge on any atom is -0.494 e. The summed E-state index contributed by atoms with van der Waals surface area (Å²) >= 11 is 6.75. The summed E-state index contributed by atoms with van der Waals surface area (Å²) in [5.41, 5.74) is 12.1. The number of carbonyl (C=O) groups is 2. The molecule has 2 saturated carbocycles. The normalized spacial score (nSPS) is 20.4. The third-order valence-corrected chi connectivity index (χ3v) is 10.5. The number of nitrogens with one attached hydrogen (secondary N) is 1. The fraction of sp³-hybridized carbons (Fsp3) is 0.371. The van der Waals surface area contributed by atoms with Gasteiger partial charge in [0.2, 0.25) is 0 Å². The number of anilines is 1. The number of rotatable bonds is 7. The lowest BCUT2D eigenvalue weighted by Gasteiger charge is -2.27. The van der Waals surface area contributed by atoms with Gasteiger partial charge in [-0.25, -0.2) is 14.8 Å². The number of piperidine rings is 1. The summed E-state index contributed by atoms with van der Waals surface area (Å²) in [6, 6.07) is 15.4. The van der Waals surface area contributed by atoms with Crippen LogP contribution in [-0.4, -0.2) is 68.9 Å². The number of carbonyl (C=O) groups excluding carboxylic acids is 2. The second kappa shape index (κ2) is 11.3. The average Bonchev–Trinajstić information content (AvgIpc) is 3.48. The van der Waals surface area contributed by atoms with E-state index >= 15 is 0 Å². The van der Waals surface area contributed by atoms with Gasteiger partial charge in [-0.2, -0.15) is 0 Å². The summed E-state index contributed by atoms with van der Waals surface area (Å²) in [5.74, 6) is 2.26. The number of hydrogen-bond donors (Lipinski definition) is 2. The molecule has 4 heterocycles. The topological polar surface area (TPSA) is 130 Å². The van der Waals surface area contributed by atoms with Crippen molar-refractivity contribution < 1.29 is 19.1 Å². The molecule has 2 bridgehead atoms. The van der Waals surface area contributed by atoms with Crippen LogP contribution >= 0.6 is 11.6 Å². The number of imidazole rings is 1. The molecule has 2 aromatic carbocycles. The van der Waals surface area contributed by atoms with Crippen LogP contribution in [0.1, 0.15) is 36.0 Å². The number of benzene rings is 2. The van der Waals surface area contributed by atoms with E-state index in [1.807, 2.05) is 52.9 Å². The predicted molar refractivity (Wildman–Crippen MR) is 181 cm³/mol. The van der Waals surface area contributed by atoms with Crippen molar-refractivity contribution in [3.05, 3.63) is 59.1 Å². The van der Waals surface area contributed by atoms with Gasteiger partial charge in [0.05, 0.1) is 41.8 Å². The van der Waals surface area contributed by atoms with Crippen LogP contribution in [0, 0.1) is 11.8 Å². The van der Waals surface area contributed by atoms with Gasteiger partial charge in [-0.3, -0.25) is 10.1 Å². The quantitative estimate of drug-likeness (QED) is 0.218. The van der Waals surface area contributed by atoms with E-state index in [1.165, 1.54) is 7.11 Å². The Kier molecular flexibility index (Phi) is 7.14. The van der Waals surface area contributed by atoms with Crippen molar-refractivity contribution in [2.75, 3.05) is 26.1 Å². The Hall–Kier alpha value is -4.61. The predicted octanol–water partition coefficient (Wildman–Crippen LogP) is 6.07. The summed E-state index contributed by atoms with van der Waals surface area (Å²) in [6.45, 7) is 1.50. The van der Waals surface area contributed by atoms with Gasteiger partial charge in [0.1, 0.15) is 16.9 Å². The number of hydrogen-bond acceptors (Lipinski definition) is 7. The molecule has 11 nitrogen and oxygen atoms in total. The Balaban J connectivity index is 1.22. The van der Waals surface area contributed by atoms with Crippen LogP contribution in [0.2, 0.25) is 5.02 Å². The number of ether oxygens (including phenoxy) is 2. The molecule has 0 radical (unpaired) electrons. The number of halogens is 1. The van der Waals surface area contributed by atoms with Crippen LogP contribution in [0.5, 0.6) is 5.75 Å². The first-order valence-electron chi connectivity index (χ1n) is 16.0. The zero-order valence-electron chi connectivity index (χ0n) is 26.5. The lowest BCUT2D eigenvalue weighted by atomic mass is 10.1. The Labute approximate surface area is 276 Å². The van der Waals surface area contributed by atoms with Gasteiger partial charge in [-0.15, -0.1) is 0 Å². The first kappa shape index (κ1) is 29.8. The third-order valence-electron chi connectivity index (χ3n) is 10.1. The monoisotopic (exact) mass is 653 g/mol. The number of methoxy groups -OCH3 is 2. The molecule has 12 heteroatoms. The molecular formula is C35H36ClN7O4. The smallest absolute Gasteiger partial charge is 0.411 e. The van der Waals surface area contributed by atoms with Gasteiger partial charge < -0.3 is 29.2 Å². The second-order valence-electron chi connectivity index (χ2n) is 13.0. The molecule has 0 spiro atoms. The van der Waals surface area contributed by atoms with Crippen molar-refractivity contribution in [2.45, 2.75) is 44.3 Å². The van der Waals surface area contributed by atoms with Crippen molar-refractivity contribution in [2.24, 2.45) is 24.6 Å². The van der Waals surface area contributed by atoms with Crippen LogP contribution in [0.4, 0.5) is 10.5 Å². The number of aromatic nitrogens is 4. The molecular weight excluding hydrogens is 618 g/mol. The maximum atomic E-state index is 13.7. The van der Waals surface area contributed by atoms with Gasteiger partial charge >= 0.3 is 6.09 Å². The third kappa shape index (κ3) is 4.91. The molecule has 3 unspecified atom stereocenters. The standard InChI is InChI=1S/C35H36ClN7O4/c1-41-31-25(13-21(15-28(31)46-2)34(44)43-17-20-10-12-26(43)30(20)37)39-33(41)27-14-19-9-11-23(38-32(19)42(27)16-18-7-8-18)22-5-4-6-24(29(22)36)40-35(45)47-3/h4-6,9,11,13-15,18,20,26,30H,7-8,10,12,16-17,37H2,1-3H3,(H,40,45). The van der Waals surface area contributed by atoms with Crippen LogP contribution in [-0.2, 0) is 18.3 Å². The molecule has 47 heavy (non-hydrogen) atoms. The van der Waals surface area contributed by atoms with Crippen molar-refractivity contribution in [3.63, 3.8) is 0 Å². The summed E-state index contributed by atoms with van der Waals surface area (Å²) in [4.78, 5) is 37.8. The highest BCUT2D eigenvalue weighted by molar-refractivity contribution is 6.36. The number of fused-ring (bicyclic) bond motifs is 4. The molecule has 3 fully saturated rings. The fourth-order valence-corrected chi connectivity index (χ4v) is 7.73. The molecule has 8 rings (SSSR count). The van der Waals surface area contributed by atoms with Crippen molar-refractivity contribution in [3.8, 4) is 28.5 Å². The number of likely N-dealkylation sites (tertiary alicyclic amines) is 1. The summed E-state index contributed by atoms with van der Waals surface area (Å²) in [5, 5.41) is 4.01. The van der Waals surface area contributed by atoms with Crippen LogP contribution in [0.15, 0.2) is 48.5 Å². The number of nitrogens with two attached hydrogens (primary N) is 1. The first-order valence-corrected chi connectivity index (χ1v) is 16.4. The van der Waals surface area contributed by atoms with Crippen molar-refractivity contribution in [1.82, 2.24) is 24.0 Å². The van der Waals surface area contributed by atoms with Gasteiger partial charge in [0.25, 0.3) is 5.91 Å². The molecule has 1 aliphatic heterocycles. The molecule has 3 aliphatic rings. The highest BCUT2D eigenvalue weighted by atomic mass is 35.5. The largest absolute Gasteiger partial charge is 0.494 e. The van der Waals surface area contributed by atoms with Gasteiger partial charge in [-0.05, 0) is 73.9 Å². The first-order chi connectivity index (χ1) is 22.7. The number of aryl methyl sites for hydroxylation is 1. The van der Waals surface area contributed by atoms with E-state index in [-0.39, 0.29) is 18.0 Å². The highest BCUT2D eigenvalue weighted by Gasteiger charge is 2.47. The molecule has 3 N–H and O–H groups in total. The lowest BCUT2D eigenvalue weighted by Crippen LogP contribution is -2.41. The highest BCUT2D eigenvalue weighted by Crippen LogP contribution is 2.41. The summed E-state index contributed by atoms with van der Waals surface area (Å²) in [6.07, 6.45) is 3.76. The van der Waals surface area contributed by atoms with Crippen LogP contribution in [0.25, 0.3) is 44.8 Å². The number of amides is 2. The zero-order chi connectivity index (χ0) is 32.6. The minimum atomic E-state index is -0.599. The van der Waals surface area contributed by atoms with E-state index < -0.39 is 6.09 Å². The molecule has 242 valence electrons.